The number of rotatable bonds is 11. The molecule has 5 atom stereocenters. The molecule has 11 heteroatoms. The Morgan fingerprint density at radius 1 is 1.12 bits per heavy atom. The number of nitrogens with zero attached hydrogens (tertiary/aromatic N) is 1. The highest BCUT2D eigenvalue weighted by atomic mass is 16.5. The molecule has 0 radical (unpaired) electrons. The number of aromatic nitrogens is 2. The number of benzene rings is 2. The van der Waals surface area contributed by atoms with Crippen molar-refractivity contribution in [3.8, 4) is 29.1 Å². The van der Waals surface area contributed by atoms with Gasteiger partial charge in [0.15, 0.2) is 17.7 Å². The molecule has 0 fully saturated rings. The largest absolute Gasteiger partial charge is 0.508 e. The van der Waals surface area contributed by atoms with Gasteiger partial charge in [-0.15, -0.1) is 0 Å². The summed E-state index contributed by atoms with van der Waals surface area (Å²) in [5, 5.41) is 57.1. The van der Waals surface area contributed by atoms with E-state index >= 15 is 0 Å². The highest BCUT2D eigenvalue weighted by Gasteiger charge is 2.26. The number of nitrogens with two attached hydrogens (primary N) is 1. The highest BCUT2D eigenvalue weighted by Crippen LogP contribution is 2.38. The Bertz CT molecular complexity index is 1850. The number of aromatic hydroxyl groups is 2. The van der Waals surface area contributed by atoms with Gasteiger partial charge in [-0.2, -0.15) is 0 Å². The Labute approximate surface area is 279 Å². The molecule has 2 bridgehead atoms. The topological polar surface area (TPSA) is 186 Å². The molecule has 2 aromatic carbocycles. The van der Waals surface area contributed by atoms with Crippen LogP contribution in [0.25, 0.3) is 10.9 Å². The zero-order valence-corrected chi connectivity index (χ0v) is 27.1. The smallest absolute Gasteiger partial charge is 0.186 e. The van der Waals surface area contributed by atoms with Gasteiger partial charge in [-0.25, -0.2) is 0 Å². The number of ketones is 1. The number of phenolic OH excluding ortho intramolecular Hbond substituents is 2. The van der Waals surface area contributed by atoms with Gasteiger partial charge in [0.2, 0.25) is 0 Å². The highest BCUT2D eigenvalue weighted by molar-refractivity contribution is 5.83. The van der Waals surface area contributed by atoms with Crippen molar-refractivity contribution in [2.45, 2.75) is 95.4 Å². The number of aliphatic hydroxyl groups excluding tert-OH is 3. The lowest BCUT2D eigenvalue weighted by Gasteiger charge is -2.28. The normalized spacial score (nSPS) is 20.1. The lowest BCUT2D eigenvalue weighted by molar-refractivity contribution is -0.121. The van der Waals surface area contributed by atoms with E-state index in [0.717, 1.165) is 58.1 Å². The first-order valence-electron chi connectivity index (χ1n) is 16.7. The molecule has 0 amide bonds. The fourth-order valence-electron chi connectivity index (χ4n) is 6.89. The van der Waals surface area contributed by atoms with Crippen LogP contribution in [0.2, 0.25) is 0 Å². The predicted octanol–water partition coefficient (Wildman–Crippen LogP) is 3.90. The molecule has 0 aliphatic carbocycles. The molecule has 2 aliphatic heterocycles. The minimum Gasteiger partial charge on any atom is -0.508 e. The first-order chi connectivity index (χ1) is 23.1. The summed E-state index contributed by atoms with van der Waals surface area (Å²) in [5.74, 6) is 5.55. The van der Waals surface area contributed by atoms with Gasteiger partial charge in [0.05, 0.1) is 30.3 Å². The van der Waals surface area contributed by atoms with E-state index in [2.05, 4.69) is 22.1 Å². The number of carbonyl (C=O) groups is 1. The molecule has 0 spiro atoms. The molecular formula is C37H44N4O7. The number of phenols is 2. The number of carbonyl (C=O) groups excluding carboxylic acids is 1. The Hall–Kier alpha value is -4.31. The van der Waals surface area contributed by atoms with E-state index < -0.39 is 24.5 Å². The first-order valence-corrected chi connectivity index (χ1v) is 16.7. The summed E-state index contributed by atoms with van der Waals surface area (Å²) in [4.78, 5) is 15.9. The number of H-pyrrole nitrogens is 1. The fourth-order valence-corrected chi connectivity index (χ4v) is 6.89. The van der Waals surface area contributed by atoms with Crippen molar-refractivity contribution in [3.05, 3.63) is 76.2 Å². The maximum absolute atomic E-state index is 12.6. The molecule has 6 rings (SSSR count). The van der Waals surface area contributed by atoms with E-state index in [9.17, 15) is 30.3 Å². The number of hydrogen-bond donors (Lipinski definition) is 8. The van der Waals surface area contributed by atoms with Crippen molar-refractivity contribution < 1.29 is 35.1 Å². The van der Waals surface area contributed by atoms with E-state index in [0.29, 0.717) is 18.4 Å². The second-order valence-electron chi connectivity index (χ2n) is 12.9. The van der Waals surface area contributed by atoms with Gasteiger partial charge in [-0.05, 0) is 65.1 Å². The molecule has 0 saturated heterocycles. The van der Waals surface area contributed by atoms with Gasteiger partial charge in [-0.3, -0.25) is 10.1 Å². The third-order valence-corrected chi connectivity index (χ3v) is 9.41. The summed E-state index contributed by atoms with van der Waals surface area (Å²) in [6, 6.07) is 6.58. The first kappa shape index (κ1) is 33.6. The molecule has 48 heavy (non-hydrogen) atoms. The number of ether oxygens (including phenoxy) is 1. The van der Waals surface area contributed by atoms with Gasteiger partial charge in [-0.1, -0.05) is 37.3 Å². The molecule has 4 aromatic rings. The Kier molecular flexibility index (Phi) is 10.1. The van der Waals surface area contributed by atoms with E-state index in [1.165, 1.54) is 12.1 Å². The van der Waals surface area contributed by atoms with Gasteiger partial charge < -0.3 is 45.6 Å². The van der Waals surface area contributed by atoms with Crippen molar-refractivity contribution >= 4 is 16.7 Å². The molecule has 4 heterocycles. The Morgan fingerprint density at radius 2 is 1.94 bits per heavy atom. The molecule has 0 saturated carbocycles. The van der Waals surface area contributed by atoms with Crippen LogP contribution in [0, 0.1) is 11.8 Å². The van der Waals surface area contributed by atoms with Crippen LogP contribution in [0.4, 0.5) is 0 Å². The quantitative estimate of drug-likeness (QED) is 0.111. The standard InChI is InChI=1S/C37H44N4O7/c1-2-4-23(42)15-25(44)16-24(43)8-7-21-14-35(34(47)17-33(21)46)48-36-6-3-5-32(45)27-9-10-28-26(11-12-39-37(28)38)29(27)13-22-18-40-31-20-41(36)19-30(22)31/h9-10,14,17-20,23,25,32,36-37,39-40,42,44-47H,2,4,6-8,11-13,15-16,38H2,1H3. The number of hydrogen-bond acceptors (Lipinski definition) is 9. The van der Waals surface area contributed by atoms with E-state index in [1.54, 1.807) is 0 Å². The minimum atomic E-state index is -1.03. The Morgan fingerprint density at radius 3 is 2.75 bits per heavy atom. The van der Waals surface area contributed by atoms with Crippen LogP contribution in [-0.4, -0.2) is 59.6 Å². The zero-order chi connectivity index (χ0) is 33.9. The lowest BCUT2D eigenvalue weighted by atomic mass is 9.85. The van der Waals surface area contributed by atoms with Crippen molar-refractivity contribution in [1.82, 2.24) is 14.9 Å². The molecule has 2 aliphatic rings. The average molecular weight is 657 g/mol. The number of nitrogens with one attached hydrogen (secondary N) is 2. The lowest BCUT2D eigenvalue weighted by Crippen LogP contribution is -2.36. The van der Waals surface area contributed by atoms with Crippen molar-refractivity contribution in [2.24, 2.45) is 5.73 Å². The number of fused-ring (bicyclic) bond motifs is 4. The van der Waals surface area contributed by atoms with Crippen LogP contribution in [0.5, 0.6) is 17.2 Å². The summed E-state index contributed by atoms with van der Waals surface area (Å²) >= 11 is 0. The third-order valence-electron chi connectivity index (χ3n) is 9.41. The number of Topliss-reactive ketones (excluding diaryl/α,β-unsaturated/α-hetero) is 1. The Balaban J connectivity index is 1.24. The monoisotopic (exact) mass is 656 g/mol. The second-order valence-corrected chi connectivity index (χ2v) is 12.9. The average Bonchev–Trinajstić information content (AvgIpc) is 3.62. The van der Waals surface area contributed by atoms with E-state index in [-0.39, 0.29) is 61.3 Å². The number of aliphatic hydroxyl groups is 3. The minimum absolute atomic E-state index is 0.0593. The predicted molar refractivity (Wildman–Crippen MR) is 180 cm³/mol. The summed E-state index contributed by atoms with van der Waals surface area (Å²) in [7, 11) is 0. The van der Waals surface area contributed by atoms with Gasteiger partial charge in [0, 0.05) is 55.9 Å². The van der Waals surface area contributed by atoms with Crippen LogP contribution >= 0.6 is 0 Å². The summed E-state index contributed by atoms with van der Waals surface area (Å²) < 4.78 is 8.20. The van der Waals surface area contributed by atoms with Crippen LogP contribution in [0.1, 0.15) is 97.3 Å². The zero-order valence-electron chi connectivity index (χ0n) is 27.1. The fraction of sp³-hybridized carbons (Fsp3) is 0.432. The van der Waals surface area contributed by atoms with Crippen LogP contribution in [-0.2, 0) is 24.1 Å². The van der Waals surface area contributed by atoms with Crippen LogP contribution < -0.4 is 15.8 Å². The van der Waals surface area contributed by atoms with Crippen molar-refractivity contribution in [3.63, 3.8) is 0 Å². The van der Waals surface area contributed by atoms with E-state index in [1.807, 2.05) is 42.2 Å². The molecule has 254 valence electrons. The van der Waals surface area contributed by atoms with Crippen molar-refractivity contribution in [2.75, 3.05) is 6.54 Å². The molecule has 9 N–H and O–H groups in total. The molecular weight excluding hydrogens is 612 g/mol. The molecule has 5 unspecified atom stereocenters. The summed E-state index contributed by atoms with van der Waals surface area (Å²) in [5.41, 5.74) is 12.7. The van der Waals surface area contributed by atoms with Gasteiger partial charge in [0.25, 0.3) is 0 Å². The SMILES string of the molecule is CCCC(O)CC(O)CC(=O)CCc1cc(OC2CC#CC(O)c3ccc4c(c3Cc3c[nH]c5cn2cc35)CCNC4N)c(O)cc1O. The molecule has 2 aromatic heterocycles. The van der Waals surface area contributed by atoms with E-state index in [4.69, 9.17) is 10.5 Å². The molecule has 11 nitrogen and oxygen atoms in total. The summed E-state index contributed by atoms with van der Waals surface area (Å²) in [6.45, 7) is 2.69. The van der Waals surface area contributed by atoms with Crippen molar-refractivity contribution in [1.29, 1.82) is 0 Å². The van der Waals surface area contributed by atoms with Gasteiger partial charge >= 0.3 is 0 Å². The summed E-state index contributed by atoms with van der Waals surface area (Å²) in [6.07, 6.45) is 5.48. The van der Waals surface area contributed by atoms with Crippen LogP contribution in [0.3, 0.4) is 0 Å². The maximum atomic E-state index is 12.6. The second kappa shape index (κ2) is 14.4. The number of aryl methyl sites for hydroxylation is 1. The van der Waals surface area contributed by atoms with Crippen LogP contribution in [0.15, 0.2) is 42.9 Å². The third kappa shape index (κ3) is 7.23. The number of aromatic amines is 1. The maximum Gasteiger partial charge on any atom is 0.186 e. The van der Waals surface area contributed by atoms with Gasteiger partial charge in [0.1, 0.15) is 17.6 Å².